The summed E-state index contributed by atoms with van der Waals surface area (Å²) in [5, 5.41) is 2.22. The van der Waals surface area contributed by atoms with Gasteiger partial charge in [0.2, 0.25) is 0 Å². The Morgan fingerprint density at radius 2 is 2.30 bits per heavy atom. The molecule has 1 unspecified atom stereocenters. The van der Waals surface area contributed by atoms with E-state index >= 15 is 0 Å². The number of imidazole rings is 1. The first kappa shape index (κ1) is 12.6. The van der Waals surface area contributed by atoms with E-state index in [0.29, 0.717) is 5.92 Å². The highest BCUT2D eigenvalue weighted by atomic mass is 79.9. The molecule has 0 spiro atoms. The minimum Gasteiger partial charge on any atom is -0.341 e. The zero-order valence-corrected chi connectivity index (χ0v) is 13.6. The number of aryl methyl sites for hydroxylation is 2. The molecule has 1 atom stereocenters. The molecule has 1 N–H and O–H groups in total. The number of rotatable bonds is 1. The minimum absolute atomic E-state index is 0.440. The van der Waals surface area contributed by atoms with Gasteiger partial charge < -0.3 is 4.98 Å². The molecule has 102 valence electrons. The summed E-state index contributed by atoms with van der Waals surface area (Å²) in [5.74, 6) is 1.57. The lowest BCUT2D eigenvalue weighted by molar-refractivity contribution is 0.604. The third kappa shape index (κ3) is 1.93. The van der Waals surface area contributed by atoms with Crippen molar-refractivity contribution in [3.05, 3.63) is 49.9 Å². The molecule has 1 aliphatic rings. The summed E-state index contributed by atoms with van der Waals surface area (Å²) in [6.45, 7) is 2.12. The van der Waals surface area contributed by atoms with Crippen molar-refractivity contribution >= 4 is 38.3 Å². The molecule has 4 heteroatoms. The predicted molar refractivity (Wildman–Crippen MR) is 87.6 cm³/mol. The molecule has 2 aromatic heterocycles. The zero-order chi connectivity index (χ0) is 13.7. The number of hydrogen-bond acceptors (Lipinski definition) is 2. The van der Waals surface area contributed by atoms with E-state index in [1.807, 2.05) is 11.3 Å². The fraction of sp³-hybridized carbons (Fsp3) is 0.312. The van der Waals surface area contributed by atoms with Crippen LogP contribution in [-0.2, 0) is 6.42 Å². The van der Waals surface area contributed by atoms with Gasteiger partial charge in [0.1, 0.15) is 5.82 Å². The molecule has 4 rings (SSSR count). The van der Waals surface area contributed by atoms with Crippen molar-refractivity contribution in [2.24, 2.45) is 0 Å². The van der Waals surface area contributed by atoms with E-state index in [0.717, 1.165) is 21.3 Å². The SMILES string of the molecule is Cc1cc(Br)cc2[nH]c(C3CCCc4sccc43)nc12. The first-order valence-corrected chi connectivity index (χ1v) is 8.61. The summed E-state index contributed by atoms with van der Waals surface area (Å²) >= 11 is 5.45. The lowest BCUT2D eigenvalue weighted by Crippen LogP contribution is -2.09. The summed E-state index contributed by atoms with van der Waals surface area (Å²) in [7, 11) is 0. The molecular formula is C16H15BrN2S. The Morgan fingerprint density at radius 3 is 3.20 bits per heavy atom. The summed E-state index contributed by atoms with van der Waals surface area (Å²) < 4.78 is 1.11. The number of H-pyrrole nitrogens is 1. The monoisotopic (exact) mass is 346 g/mol. The Labute approximate surface area is 130 Å². The van der Waals surface area contributed by atoms with Crippen molar-refractivity contribution < 1.29 is 0 Å². The number of nitrogens with one attached hydrogen (secondary N) is 1. The average Bonchev–Trinajstić information content (AvgIpc) is 3.03. The van der Waals surface area contributed by atoms with Crippen LogP contribution >= 0.6 is 27.3 Å². The highest BCUT2D eigenvalue weighted by Crippen LogP contribution is 2.39. The van der Waals surface area contributed by atoms with Crippen LogP contribution in [0.1, 0.15) is 40.6 Å². The van der Waals surface area contributed by atoms with Crippen LogP contribution in [-0.4, -0.2) is 9.97 Å². The quantitative estimate of drug-likeness (QED) is 0.647. The molecule has 1 aliphatic carbocycles. The molecule has 20 heavy (non-hydrogen) atoms. The van der Waals surface area contributed by atoms with Gasteiger partial charge in [0.05, 0.1) is 11.0 Å². The maximum Gasteiger partial charge on any atom is 0.114 e. The number of halogens is 1. The molecule has 0 aliphatic heterocycles. The number of hydrogen-bond donors (Lipinski definition) is 1. The van der Waals surface area contributed by atoms with Crippen LogP contribution in [0.25, 0.3) is 11.0 Å². The Kier molecular flexibility index (Phi) is 2.97. The largest absolute Gasteiger partial charge is 0.341 e. The van der Waals surface area contributed by atoms with Gasteiger partial charge in [-0.2, -0.15) is 0 Å². The van der Waals surface area contributed by atoms with Crippen LogP contribution in [0.3, 0.4) is 0 Å². The summed E-state index contributed by atoms with van der Waals surface area (Å²) in [4.78, 5) is 9.97. The average molecular weight is 347 g/mol. The second-order valence-corrected chi connectivity index (χ2v) is 7.40. The topological polar surface area (TPSA) is 28.7 Å². The van der Waals surface area contributed by atoms with Crippen molar-refractivity contribution in [1.29, 1.82) is 0 Å². The van der Waals surface area contributed by atoms with E-state index in [9.17, 15) is 0 Å². The highest BCUT2D eigenvalue weighted by molar-refractivity contribution is 9.10. The number of aromatic amines is 1. The lowest BCUT2D eigenvalue weighted by atomic mass is 9.87. The Bertz CT molecular complexity index is 787. The second kappa shape index (κ2) is 4.71. The van der Waals surface area contributed by atoms with Gasteiger partial charge in [0, 0.05) is 15.3 Å². The van der Waals surface area contributed by atoms with Gasteiger partial charge in [-0.1, -0.05) is 15.9 Å². The van der Waals surface area contributed by atoms with Crippen molar-refractivity contribution in [2.45, 2.75) is 32.1 Å². The van der Waals surface area contributed by atoms with Crippen molar-refractivity contribution in [3.8, 4) is 0 Å². The van der Waals surface area contributed by atoms with Crippen molar-refractivity contribution in [3.63, 3.8) is 0 Å². The first-order valence-electron chi connectivity index (χ1n) is 6.94. The van der Waals surface area contributed by atoms with Crippen LogP contribution in [0.5, 0.6) is 0 Å². The maximum absolute atomic E-state index is 4.88. The van der Waals surface area contributed by atoms with E-state index in [1.165, 1.54) is 30.4 Å². The van der Waals surface area contributed by atoms with Gasteiger partial charge in [0.25, 0.3) is 0 Å². The Balaban J connectivity index is 1.86. The number of aromatic nitrogens is 2. The highest BCUT2D eigenvalue weighted by Gasteiger charge is 2.25. The minimum atomic E-state index is 0.440. The van der Waals surface area contributed by atoms with Gasteiger partial charge in [-0.3, -0.25) is 0 Å². The molecule has 2 nitrogen and oxygen atoms in total. The molecule has 3 aromatic rings. The third-order valence-corrected chi connectivity index (χ3v) is 5.60. The van der Waals surface area contributed by atoms with Crippen LogP contribution < -0.4 is 0 Å². The molecule has 0 radical (unpaired) electrons. The van der Waals surface area contributed by atoms with Crippen LogP contribution in [0.4, 0.5) is 0 Å². The van der Waals surface area contributed by atoms with Crippen molar-refractivity contribution in [1.82, 2.24) is 9.97 Å². The van der Waals surface area contributed by atoms with Gasteiger partial charge in [-0.05, 0) is 60.9 Å². The number of nitrogens with zero attached hydrogens (tertiary/aromatic N) is 1. The van der Waals surface area contributed by atoms with E-state index in [4.69, 9.17) is 4.98 Å². The molecule has 1 aromatic carbocycles. The normalized spacial score (nSPS) is 18.4. The number of benzene rings is 1. The Hall–Kier alpha value is -1.13. The number of fused-ring (bicyclic) bond motifs is 2. The van der Waals surface area contributed by atoms with E-state index in [2.05, 4.69) is 51.4 Å². The standard InChI is InChI=1S/C16H15BrN2S/c1-9-7-10(17)8-13-15(9)19-16(18-13)12-3-2-4-14-11(12)5-6-20-14/h5-8,12H,2-4H2,1H3,(H,18,19). The van der Waals surface area contributed by atoms with Crippen molar-refractivity contribution in [2.75, 3.05) is 0 Å². The summed E-state index contributed by atoms with van der Waals surface area (Å²) in [6.07, 6.45) is 3.69. The summed E-state index contributed by atoms with van der Waals surface area (Å²) in [5.41, 5.74) is 4.94. The summed E-state index contributed by atoms with van der Waals surface area (Å²) in [6, 6.07) is 6.53. The fourth-order valence-corrected chi connectivity index (χ4v) is 4.76. The molecule has 0 amide bonds. The van der Waals surface area contributed by atoms with E-state index in [-0.39, 0.29) is 0 Å². The van der Waals surface area contributed by atoms with Crippen LogP contribution in [0.2, 0.25) is 0 Å². The van der Waals surface area contributed by atoms with Gasteiger partial charge in [-0.15, -0.1) is 11.3 Å². The smallest absolute Gasteiger partial charge is 0.114 e. The molecule has 0 fully saturated rings. The molecular weight excluding hydrogens is 332 g/mol. The van der Waals surface area contributed by atoms with E-state index < -0.39 is 0 Å². The fourth-order valence-electron chi connectivity index (χ4n) is 3.20. The number of thiophene rings is 1. The Morgan fingerprint density at radius 1 is 1.40 bits per heavy atom. The third-order valence-electron chi connectivity index (χ3n) is 4.14. The first-order chi connectivity index (χ1) is 9.72. The van der Waals surface area contributed by atoms with Crippen LogP contribution in [0, 0.1) is 6.92 Å². The van der Waals surface area contributed by atoms with Gasteiger partial charge in [0.15, 0.2) is 0 Å². The van der Waals surface area contributed by atoms with E-state index in [1.54, 1.807) is 4.88 Å². The molecule has 0 saturated heterocycles. The van der Waals surface area contributed by atoms with Gasteiger partial charge >= 0.3 is 0 Å². The van der Waals surface area contributed by atoms with Gasteiger partial charge in [-0.25, -0.2) is 4.98 Å². The zero-order valence-electron chi connectivity index (χ0n) is 11.2. The second-order valence-electron chi connectivity index (χ2n) is 5.48. The van der Waals surface area contributed by atoms with Crippen LogP contribution in [0.15, 0.2) is 28.1 Å². The lowest BCUT2D eigenvalue weighted by Gasteiger charge is -2.20. The molecule has 0 bridgehead atoms. The molecule has 2 heterocycles. The maximum atomic E-state index is 4.88. The predicted octanol–water partition coefficient (Wildman–Crippen LogP) is 5.16. The molecule has 0 saturated carbocycles.